The van der Waals surface area contributed by atoms with Crippen molar-refractivity contribution in [2.24, 2.45) is 0 Å². The number of hydrogen-bond acceptors (Lipinski definition) is 7. The second kappa shape index (κ2) is 10.7. The van der Waals surface area contributed by atoms with Crippen molar-refractivity contribution in [3.8, 4) is 11.5 Å². The number of carboxylic acids is 1. The average molecular weight is 349 g/mol. The summed E-state index contributed by atoms with van der Waals surface area (Å²) >= 11 is 0. The van der Waals surface area contributed by atoms with E-state index in [1.54, 1.807) is 7.11 Å². The Balaban J connectivity index is 2.18. The molecule has 0 fully saturated rings. The molecule has 0 heterocycles. The Morgan fingerprint density at radius 3 is 2.00 bits per heavy atom. The molecule has 0 aliphatic rings. The highest BCUT2D eigenvalue weighted by molar-refractivity contribution is 5.71. The van der Waals surface area contributed by atoms with E-state index in [1.165, 1.54) is 12.1 Å². The molecule has 9 heteroatoms. The van der Waals surface area contributed by atoms with Crippen molar-refractivity contribution in [2.45, 2.75) is 6.11 Å². The highest BCUT2D eigenvalue weighted by Crippen LogP contribution is 2.23. The fraction of sp³-hybridized carbons (Fsp3) is 0.533. The van der Waals surface area contributed by atoms with Crippen LogP contribution in [0.5, 0.6) is 11.5 Å². The molecule has 0 aliphatic carbocycles. The van der Waals surface area contributed by atoms with Crippen LogP contribution < -0.4 is 14.6 Å². The summed E-state index contributed by atoms with van der Waals surface area (Å²) in [4.78, 5) is 10.2. The number of methoxy groups -OCH3 is 1. The Morgan fingerprint density at radius 2 is 1.46 bits per heavy atom. The fourth-order valence-corrected chi connectivity index (χ4v) is 1.48. The number of benzene rings is 1. The van der Waals surface area contributed by atoms with Crippen molar-refractivity contribution in [1.29, 1.82) is 0 Å². The number of alkyl halides is 2. The molecule has 0 aliphatic heterocycles. The highest BCUT2D eigenvalue weighted by atomic mass is 19.3. The molecule has 0 unspecified atom stereocenters. The van der Waals surface area contributed by atoms with Gasteiger partial charge in [-0.1, -0.05) is 0 Å². The maximum absolute atomic E-state index is 12.8. The van der Waals surface area contributed by atoms with E-state index in [0.717, 1.165) is 12.1 Å². The van der Waals surface area contributed by atoms with Gasteiger partial charge in [-0.15, -0.1) is 0 Å². The lowest BCUT2D eigenvalue weighted by molar-refractivity contribution is -0.350. The van der Waals surface area contributed by atoms with Crippen LogP contribution in [0.4, 0.5) is 8.78 Å². The number of ether oxygens (including phenoxy) is 5. The number of hydrogen-bond donors (Lipinski definition) is 0. The first-order valence-corrected chi connectivity index (χ1v) is 7.11. The van der Waals surface area contributed by atoms with Gasteiger partial charge >= 0.3 is 6.11 Å². The van der Waals surface area contributed by atoms with Crippen LogP contribution in [0.3, 0.4) is 0 Å². The molecule has 1 aromatic carbocycles. The second-order valence-corrected chi connectivity index (χ2v) is 4.44. The first kappa shape index (κ1) is 20.1. The molecule has 136 valence electrons. The van der Waals surface area contributed by atoms with Gasteiger partial charge in [0.1, 0.15) is 18.1 Å². The van der Waals surface area contributed by atoms with Crippen molar-refractivity contribution in [3.05, 3.63) is 24.3 Å². The Hall–Kier alpha value is -1.97. The fourth-order valence-electron chi connectivity index (χ4n) is 1.48. The van der Waals surface area contributed by atoms with Gasteiger partial charge in [0, 0.05) is 7.11 Å². The summed E-state index contributed by atoms with van der Waals surface area (Å²) in [6, 6.07) is 5.07. The zero-order chi connectivity index (χ0) is 17.8. The topological polar surface area (TPSA) is 86.3 Å². The number of carbonyl (C=O) groups is 1. The molecule has 24 heavy (non-hydrogen) atoms. The molecule has 0 spiro atoms. The van der Waals surface area contributed by atoms with Crippen molar-refractivity contribution >= 4 is 5.97 Å². The van der Waals surface area contributed by atoms with Gasteiger partial charge in [-0.3, -0.25) is 0 Å². The van der Waals surface area contributed by atoms with Gasteiger partial charge in [0.05, 0.1) is 33.0 Å². The lowest BCUT2D eigenvalue weighted by atomic mass is 10.3. The summed E-state index contributed by atoms with van der Waals surface area (Å²) in [7, 11) is 1.59. The molecular formula is C15H19F2O7-. The average Bonchev–Trinajstić information content (AvgIpc) is 2.54. The van der Waals surface area contributed by atoms with Crippen LogP contribution in [0.2, 0.25) is 0 Å². The summed E-state index contributed by atoms with van der Waals surface area (Å²) in [5, 5.41) is 10.2. The van der Waals surface area contributed by atoms with E-state index in [0.29, 0.717) is 38.8 Å². The molecule has 0 saturated heterocycles. The number of aliphatic carboxylic acids is 1. The molecule has 0 amide bonds. The highest BCUT2D eigenvalue weighted by Gasteiger charge is 2.33. The van der Waals surface area contributed by atoms with E-state index in [-0.39, 0.29) is 12.4 Å². The van der Waals surface area contributed by atoms with E-state index in [2.05, 4.69) is 4.74 Å². The predicted molar refractivity (Wildman–Crippen MR) is 76.0 cm³/mol. The van der Waals surface area contributed by atoms with Crippen LogP contribution in [-0.4, -0.2) is 58.8 Å². The van der Waals surface area contributed by atoms with Crippen LogP contribution in [0.25, 0.3) is 0 Å². The summed E-state index contributed by atoms with van der Waals surface area (Å²) < 4.78 is 50.2. The molecular weight excluding hydrogens is 330 g/mol. The smallest absolute Gasteiger partial charge is 0.441 e. The van der Waals surface area contributed by atoms with Crippen LogP contribution in [-0.2, 0) is 19.0 Å². The summed E-state index contributed by atoms with van der Waals surface area (Å²) in [5.74, 6) is -2.52. The molecule has 0 aromatic heterocycles. The summed E-state index contributed by atoms with van der Waals surface area (Å²) in [5.41, 5.74) is 0. The van der Waals surface area contributed by atoms with E-state index in [1.807, 2.05) is 0 Å². The van der Waals surface area contributed by atoms with Gasteiger partial charge in [0.2, 0.25) is 0 Å². The zero-order valence-corrected chi connectivity index (χ0v) is 13.2. The maximum Gasteiger partial charge on any atom is 0.441 e. The van der Waals surface area contributed by atoms with Crippen molar-refractivity contribution < 1.29 is 42.4 Å². The van der Waals surface area contributed by atoms with Gasteiger partial charge in [0.15, 0.2) is 5.97 Å². The largest absolute Gasteiger partial charge is 0.541 e. The minimum absolute atomic E-state index is 0.257. The SMILES string of the molecule is COCCOCCOCCOc1ccc(OC(F)(F)C(=O)[O-])cc1. The predicted octanol–water partition coefficient (Wildman–Crippen LogP) is 0.466. The third kappa shape index (κ3) is 8.04. The first-order valence-electron chi connectivity index (χ1n) is 7.11. The third-order valence-corrected chi connectivity index (χ3v) is 2.61. The molecule has 1 aromatic rings. The van der Waals surface area contributed by atoms with Crippen molar-refractivity contribution in [3.63, 3.8) is 0 Å². The molecule has 0 bridgehead atoms. The van der Waals surface area contributed by atoms with Crippen LogP contribution in [0.15, 0.2) is 24.3 Å². The van der Waals surface area contributed by atoms with E-state index < -0.39 is 12.1 Å². The number of carboxylic acid groups (broad SMARTS) is 1. The summed E-state index contributed by atoms with van der Waals surface area (Å²) in [6.07, 6.45) is -4.39. The standard InChI is InChI=1S/C15H20F2O7/c1-20-6-7-21-8-9-22-10-11-23-12-2-4-13(5-3-12)24-15(16,17)14(18)19/h2-5H,6-11H2,1H3,(H,18,19)/p-1. The van der Waals surface area contributed by atoms with Crippen LogP contribution in [0, 0.1) is 0 Å². The second-order valence-electron chi connectivity index (χ2n) is 4.44. The van der Waals surface area contributed by atoms with Crippen LogP contribution in [0.1, 0.15) is 0 Å². The van der Waals surface area contributed by atoms with Crippen molar-refractivity contribution in [2.75, 3.05) is 46.8 Å². The van der Waals surface area contributed by atoms with Gasteiger partial charge in [-0.25, -0.2) is 0 Å². The number of carbonyl (C=O) groups excluding carboxylic acids is 1. The third-order valence-electron chi connectivity index (χ3n) is 2.61. The maximum atomic E-state index is 12.8. The molecule has 7 nitrogen and oxygen atoms in total. The zero-order valence-electron chi connectivity index (χ0n) is 13.2. The molecule has 1 rings (SSSR count). The molecule has 0 radical (unpaired) electrons. The molecule has 0 atom stereocenters. The first-order chi connectivity index (χ1) is 11.5. The minimum atomic E-state index is -4.39. The van der Waals surface area contributed by atoms with Gasteiger partial charge in [-0.05, 0) is 24.3 Å². The van der Waals surface area contributed by atoms with E-state index >= 15 is 0 Å². The van der Waals surface area contributed by atoms with Gasteiger partial charge in [0.25, 0.3) is 0 Å². The number of rotatable bonds is 13. The monoisotopic (exact) mass is 349 g/mol. The molecule has 0 N–H and O–H groups in total. The lowest BCUT2D eigenvalue weighted by Crippen LogP contribution is -2.45. The van der Waals surface area contributed by atoms with Gasteiger partial charge < -0.3 is 33.6 Å². The molecule has 0 saturated carbocycles. The van der Waals surface area contributed by atoms with Gasteiger partial charge in [-0.2, -0.15) is 8.78 Å². The lowest BCUT2D eigenvalue weighted by Gasteiger charge is -2.18. The Kier molecular flexibility index (Phi) is 8.98. The minimum Gasteiger partial charge on any atom is -0.541 e. The van der Waals surface area contributed by atoms with E-state index in [9.17, 15) is 18.7 Å². The Morgan fingerprint density at radius 1 is 0.958 bits per heavy atom. The Labute approximate surface area is 138 Å². The normalized spacial score (nSPS) is 11.3. The van der Waals surface area contributed by atoms with Crippen LogP contribution >= 0.6 is 0 Å². The Bertz CT molecular complexity index is 479. The van der Waals surface area contributed by atoms with E-state index in [4.69, 9.17) is 18.9 Å². The number of halogens is 2. The van der Waals surface area contributed by atoms with Crippen molar-refractivity contribution in [1.82, 2.24) is 0 Å². The summed E-state index contributed by atoms with van der Waals surface area (Å²) in [6.45, 7) is 2.47. The quantitative estimate of drug-likeness (QED) is 0.478.